The molecule has 0 unspecified atom stereocenters. The van der Waals surface area contributed by atoms with E-state index < -0.39 is 5.69 Å². The molecule has 0 saturated carbocycles. The molecule has 0 saturated heterocycles. The molecule has 18 heavy (non-hydrogen) atoms. The Morgan fingerprint density at radius 2 is 2.06 bits per heavy atom. The molecule has 2 rings (SSSR count). The second kappa shape index (κ2) is 5.34. The van der Waals surface area contributed by atoms with E-state index in [0.29, 0.717) is 15.7 Å². The molecule has 0 spiro atoms. The van der Waals surface area contributed by atoms with Gasteiger partial charge in [-0.25, -0.2) is 15.2 Å². The molecule has 0 fully saturated rings. The zero-order valence-corrected chi connectivity index (χ0v) is 10.8. The van der Waals surface area contributed by atoms with Crippen molar-refractivity contribution in [3.8, 4) is 5.69 Å². The second-order valence-corrected chi connectivity index (χ2v) is 4.12. The quantitative estimate of drug-likeness (QED) is 0.836. The maximum atomic E-state index is 11.8. The highest BCUT2D eigenvalue weighted by Gasteiger charge is 2.05. The van der Waals surface area contributed by atoms with Gasteiger partial charge in [-0.3, -0.25) is 9.99 Å². The monoisotopic (exact) mass is 285 g/mol. The number of benzene rings is 1. The van der Waals surface area contributed by atoms with E-state index in [4.69, 9.17) is 23.2 Å². The van der Waals surface area contributed by atoms with E-state index in [1.165, 1.54) is 10.9 Å². The van der Waals surface area contributed by atoms with Crippen molar-refractivity contribution in [2.75, 3.05) is 12.5 Å². The Morgan fingerprint density at radius 1 is 1.28 bits per heavy atom. The molecule has 8 heteroatoms. The van der Waals surface area contributed by atoms with Gasteiger partial charge in [-0.05, 0) is 18.2 Å². The molecular weight excluding hydrogens is 277 g/mol. The molecule has 1 aromatic carbocycles. The summed E-state index contributed by atoms with van der Waals surface area (Å²) in [6.45, 7) is 0. The third kappa shape index (κ3) is 2.61. The standard InChI is InChI=1S/C10H9Cl2N5O/c1-13-16-9-14-5-17(10(18)15-9)6-2-3-7(11)8(12)4-6/h2-5,13H,1H3,(H,15,16,18). The molecule has 0 atom stereocenters. The molecule has 0 aliphatic rings. The number of hydrogen-bond donors (Lipinski definition) is 2. The average Bonchev–Trinajstić information content (AvgIpc) is 2.34. The van der Waals surface area contributed by atoms with E-state index >= 15 is 0 Å². The first-order chi connectivity index (χ1) is 8.61. The van der Waals surface area contributed by atoms with Crippen molar-refractivity contribution in [3.63, 3.8) is 0 Å². The van der Waals surface area contributed by atoms with Crippen LogP contribution in [0.4, 0.5) is 5.95 Å². The van der Waals surface area contributed by atoms with Crippen LogP contribution in [0.25, 0.3) is 5.69 Å². The Labute approximate surface area is 113 Å². The molecule has 2 N–H and O–H groups in total. The summed E-state index contributed by atoms with van der Waals surface area (Å²) >= 11 is 11.7. The Bertz CT molecular complexity index is 628. The van der Waals surface area contributed by atoms with E-state index in [1.807, 2.05) is 0 Å². The predicted octanol–water partition coefficient (Wildman–Crippen LogP) is 1.48. The fourth-order valence-electron chi connectivity index (χ4n) is 1.32. The lowest BCUT2D eigenvalue weighted by Crippen LogP contribution is -2.26. The summed E-state index contributed by atoms with van der Waals surface area (Å²) in [5.74, 6) is 0.193. The van der Waals surface area contributed by atoms with Gasteiger partial charge in [0.05, 0.1) is 15.7 Å². The fourth-order valence-corrected chi connectivity index (χ4v) is 1.61. The number of nitrogens with one attached hydrogen (secondary N) is 2. The van der Waals surface area contributed by atoms with Gasteiger partial charge in [-0.1, -0.05) is 23.2 Å². The minimum Gasteiger partial charge on any atom is -0.290 e. The molecule has 1 aromatic heterocycles. The maximum absolute atomic E-state index is 11.8. The van der Waals surface area contributed by atoms with Crippen LogP contribution in [0.1, 0.15) is 0 Å². The fraction of sp³-hybridized carbons (Fsp3) is 0.100. The van der Waals surface area contributed by atoms with Crippen LogP contribution in [0.15, 0.2) is 29.3 Å². The highest BCUT2D eigenvalue weighted by molar-refractivity contribution is 6.42. The Kier molecular flexibility index (Phi) is 3.81. The van der Waals surface area contributed by atoms with Gasteiger partial charge in [0, 0.05) is 7.05 Å². The first-order valence-electron chi connectivity index (χ1n) is 4.95. The van der Waals surface area contributed by atoms with Crippen molar-refractivity contribution in [1.29, 1.82) is 0 Å². The minimum atomic E-state index is -0.471. The van der Waals surface area contributed by atoms with Gasteiger partial charge in [0.25, 0.3) is 0 Å². The molecule has 0 bridgehead atoms. The van der Waals surface area contributed by atoms with Crippen LogP contribution < -0.4 is 16.5 Å². The maximum Gasteiger partial charge on any atom is 0.356 e. The first-order valence-corrected chi connectivity index (χ1v) is 5.71. The first kappa shape index (κ1) is 12.8. The van der Waals surface area contributed by atoms with Crippen LogP contribution >= 0.6 is 23.2 Å². The smallest absolute Gasteiger partial charge is 0.290 e. The van der Waals surface area contributed by atoms with Crippen molar-refractivity contribution in [3.05, 3.63) is 45.1 Å². The van der Waals surface area contributed by atoms with Crippen molar-refractivity contribution >= 4 is 29.2 Å². The SMILES string of the molecule is CNNc1ncn(-c2ccc(Cl)c(Cl)c2)c(=O)n1. The summed E-state index contributed by atoms with van der Waals surface area (Å²) in [5.41, 5.74) is 5.32. The van der Waals surface area contributed by atoms with Gasteiger partial charge in [0.15, 0.2) is 0 Å². The van der Waals surface area contributed by atoms with Gasteiger partial charge in [-0.2, -0.15) is 4.98 Å². The van der Waals surface area contributed by atoms with Gasteiger partial charge in [-0.15, -0.1) is 0 Å². The van der Waals surface area contributed by atoms with Crippen LogP contribution in [0.2, 0.25) is 10.0 Å². The summed E-state index contributed by atoms with van der Waals surface area (Å²) in [4.78, 5) is 19.5. The third-order valence-corrected chi connectivity index (χ3v) is 2.86. The molecule has 6 nitrogen and oxygen atoms in total. The van der Waals surface area contributed by atoms with E-state index in [1.54, 1.807) is 25.2 Å². The largest absolute Gasteiger partial charge is 0.356 e. The lowest BCUT2D eigenvalue weighted by atomic mass is 10.3. The number of rotatable bonds is 3. The molecule has 94 valence electrons. The molecule has 0 aliphatic heterocycles. The van der Waals surface area contributed by atoms with Crippen molar-refractivity contribution < 1.29 is 0 Å². The summed E-state index contributed by atoms with van der Waals surface area (Å²) < 4.78 is 1.27. The zero-order chi connectivity index (χ0) is 13.1. The van der Waals surface area contributed by atoms with Gasteiger partial charge >= 0.3 is 5.69 Å². The summed E-state index contributed by atoms with van der Waals surface area (Å²) in [6, 6.07) is 4.83. The summed E-state index contributed by atoms with van der Waals surface area (Å²) in [6.07, 6.45) is 1.36. The molecule has 2 aromatic rings. The van der Waals surface area contributed by atoms with Crippen molar-refractivity contribution in [2.45, 2.75) is 0 Å². The third-order valence-electron chi connectivity index (χ3n) is 2.12. The van der Waals surface area contributed by atoms with Crippen LogP contribution in [0.5, 0.6) is 0 Å². The van der Waals surface area contributed by atoms with Crippen LogP contribution in [0.3, 0.4) is 0 Å². The van der Waals surface area contributed by atoms with Crippen LogP contribution in [-0.4, -0.2) is 21.6 Å². The normalized spacial score (nSPS) is 10.4. The second-order valence-electron chi connectivity index (χ2n) is 3.31. The van der Waals surface area contributed by atoms with E-state index in [2.05, 4.69) is 20.8 Å². The van der Waals surface area contributed by atoms with Gasteiger partial charge in [0.2, 0.25) is 5.95 Å². The van der Waals surface area contributed by atoms with E-state index in [9.17, 15) is 4.79 Å². The Balaban J connectivity index is 2.44. The Morgan fingerprint density at radius 3 is 2.67 bits per heavy atom. The van der Waals surface area contributed by atoms with Crippen molar-refractivity contribution in [2.24, 2.45) is 0 Å². The average molecular weight is 286 g/mol. The van der Waals surface area contributed by atoms with Gasteiger partial charge in [0.1, 0.15) is 6.33 Å². The van der Waals surface area contributed by atoms with E-state index in [0.717, 1.165) is 0 Å². The Hall–Kier alpha value is -1.63. The number of aromatic nitrogens is 3. The van der Waals surface area contributed by atoms with Gasteiger partial charge < -0.3 is 0 Å². The molecule has 1 heterocycles. The topological polar surface area (TPSA) is 71.8 Å². The number of halogens is 2. The zero-order valence-electron chi connectivity index (χ0n) is 9.32. The lowest BCUT2D eigenvalue weighted by Gasteiger charge is -2.07. The highest BCUT2D eigenvalue weighted by atomic mass is 35.5. The van der Waals surface area contributed by atoms with Crippen LogP contribution in [0, 0.1) is 0 Å². The van der Waals surface area contributed by atoms with Crippen LogP contribution in [-0.2, 0) is 0 Å². The molecule has 0 amide bonds. The van der Waals surface area contributed by atoms with Crippen molar-refractivity contribution in [1.82, 2.24) is 20.0 Å². The summed E-state index contributed by atoms with van der Waals surface area (Å²) in [5, 5.41) is 0.779. The predicted molar refractivity (Wildman–Crippen MR) is 70.3 cm³/mol. The highest BCUT2D eigenvalue weighted by Crippen LogP contribution is 2.23. The number of hydrogen-bond acceptors (Lipinski definition) is 5. The number of anilines is 1. The van der Waals surface area contributed by atoms with E-state index in [-0.39, 0.29) is 5.95 Å². The summed E-state index contributed by atoms with van der Waals surface area (Å²) in [7, 11) is 1.65. The number of hydrazine groups is 1. The number of nitrogens with zero attached hydrogens (tertiary/aromatic N) is 3. The molecule has 0 radical (unpaired) electrons. The lowest BCUT2D eigenvalue weighted by molar-refractivity contribution is 0.836. The molecule has 0 aliphatic carbocycles. The molecular formula is C10H9Cl2N5O. The minimum absolute atomic E-state index is 0.193.